The van der Waals surface area contributed by atoms with Crippen LogP contribution in [-0.4, -0.2) is 28.8 Å². The van der Waals surface area contributed by atoms with Crippen molar-refractivity contribution in [1.82, 2.24) is 5.32 Å². The number of hydrogen-bond donors (Lipinski definition) is 2. The number of amides is 1. The number of nitrogens with one attached hydrogen (secondary N) is 1. The van der Waals surface area contributed by atoms with Gasteiger partial charge in [-0.1, -0.05) is 42.8 Å². The minimum atomic E-state index is -1.14. The van der Waals surface area contributed by atoms with Crippen LogP contribution in [0, 0.1) is 11.7 Å². The maximum atomic E-state index is 14.0. The van der Waals surface area contributed by atoms with E-state index >= 15 is 0 Å². The maximum Gasteiger partial charge on any atom is 0.408 e. The van der Waals surface area contributed by atoms with Gasteiger partial charge in [-0.25, -0.2) is 14.0 Å². The van der Waals surface area contributed by atoms with E-state index in [9.17, 15) is 19.1 Å². The van der Waals surface area contributed by atoms with E-state index in [1.807, 2.05) is 0 Å². The molecule has 2 aromatic carbocycles. The van der Waals surface area contributed by atoms with Crippen LogP contribution in [0.15, 0.2) is 42.5 Å². The second-order valence-electron chi connectivity index (χ2n) is 7.96. The predicted molar refractivity (Wildman–Crippen MR) is 111 cm³/mol. The summed E-state index contributed by atoms with van der Waals surface area (Å²) in [5.74, 6) is -1.90. The number of carbonyl (C=O) groups is 2. The SMILES string of the molecule is CC(Cc1ccc(-c2cc(Cl)ccc2F)cc1)C(NC(=O)OC(C)(C)C)C(=O)O. The van der Waals surface area contributed by atoms with E-state index in [2.05, 4.69) is 5.32 Å². The molecule has 0 bridgehead atoms. The van der Waals surface area contributed by atoms with Gasteiger partial charge < -0.3 is 15.2 Å². The molecule has 0 aliphatic heterocycles. The summed E-state index contributed by atoms with van der Waals surface area (Å²) in [6.07, 6.45) is -0.367. The second-order valence-corrected chi connectivity index (χ2v) is 8.40. The van der Waals surface area contributed by atoms with Gasteiger partial charge >= 0.3 is 12.1 Å². The quantitative estimate of drug-likeness (QED) is 0.663. The number of carboxylic acids is 1. The van der Waals surface area contributed by atoms with Gasteiger partial charge in [0.1, 0.15) is 17.5 Å². The van der Waals surface area contributed by atoms with Crippen molar-refractivity contribution in [3.8, 4) is 11.1 Å². The molecule has 0 heterocycles. The molecule has 0 fully saturated rings. The zero-order valence-electron chi connectivity index (χ0n) is 16.8. The number of ether oxygens (including phenoxy) is 1. The first-order valence-electron chi connectivity index (χ1n) is 9.23. The van der Waals surface area contributed by atoms with Gasteiger partial charge in [-0.3, -0.25) is 0 Å². The standard InChI is InChI=1S/C22H25ClFNO4/c1-13(19(20(26)27)25-21(28)29-22(2,3)4)11-14-5-7-15(8-6-14)17-12-16(23)9-10-18(17)24/h5-10,12-13,19H,11H2,1-4H3,(H,25,28)(H,26,27). The lowest BCUT2D eigenvalue weighted by molar-refractivity contribution is -0.140. The molecular formula is C22H25ClFNO4. The van der Waals surface area contributed by atoms with Crippen molar-refractivity contribution < 1.29 is 23.8 Å². The Morgan fingerprint density at radius 1 is 1.17 bits per heavy atom. The molecule has 2 unspecified atom stereocenters. The lowest BCUT2D eigenvalue weighted by Gasteiger charge is -2.25. The Kier molecular flexibility index (Phi) is 7.25. The fourth-order valence-electron chi connectivity index (χ4n) is 2.91. The molecule has 2 rings (SSSR count). The maximum absolute atomic E-state index is 14.0. The van der Waals surface area contributed by atoms with Crippen LogP contribution in [0.3, 0.4) is 0 Å². The van der Waals surface area contributed by atoms with Crippen molar-refractivity contribution in [3.05, 3.63) is 58.9 Å². The first-order chi connectivity index (χ1) is 13.5. The summed E-state index contributed by atoms with van der Waals surface area (Å²) in [6.45, 7) is 6.85. The van der Waals surface area contributed by atoms with Gasteiger partial charge in [0.25, 0.3) is 0 Å². The normalized spacial score (nSPS) is 13.4. The Hall–Kier alpha value is -2.60. The molecule has 2 atom stereocenters. The summed E-state index contributed by atoms with van der Waals surface area (Å²) in [7, 11) is 0. The number of aliphatic carboxylic acids is 1. The Balaban J connectivity index is 2.10. The first kappa shape index (κ1) is 22.7. The second kappa shape index (κ2) is 9.27. The average molecular weight is 422 g/mol. The number of halogens is 2. The minimum absolute atomic E-state index is 0.372. The van der Waals surface area contributed by atoms with Crippen molar-refractivity contribution in [2.75, 3.05) is 0 Å². The lowest BCUT2D eigenvalue weighted by atomic mass is 9.93. The van der Waals surface area contributed by atoms with Gasteiger partial charge in [0.15, 0.2) is 0 Å². The van der Waals surface area contributed by atoms with E-state index in [-0.39, 0.29) is 5.82 Å². The van der Waals surface area contributed by atoms with Crippen molar-refractivity contribution in [3.63, 3.8) is 0 Å². The van der Waals surface area contributed by atoms with Gasteiger partial charge in [0.2, 0.25) is 0 Å². The molecular weight excluding hydrogens is 397 g/mol. The number of rotatable bonds is 6. The number of carbonyl (C=O) groups excluding carboxylic acids is 1. The molecule has 7 heteroatoms. The van der Waals surface area contributed by atoms with Gasteiger partial charge in [-0.15, -0.1) is 0 Å². The summed E-state index contributed by atoms with van der Waals surface area (Å²) in [4.78, 5) is 23.6. The number of hydrogen-bond acceptors (Lipinski definition) is 3. The summed E-state index contributed by atoms with van der Waals surface area (Å²) >= 11 is 5.95. The zero-order valence-corrected chi connectivity index (χ0v) is 17.6. The molecule has 0 spiro atoms. The molecule has 0 radical (unpaired) electrons. The highest BCUT2D eigenvalue weighted by atomic mass is 35.5. The molecule has 2 aromatic rings. The van der Waals surface area contributed by atoms with Gasteiger partial charge in [0.05, 0.1) is 0 Å². The highest BCUT2D eigenvalue weighted by Gasteiger charge is 2.29. The van der Waals surface area contributed by atoms with E-state index < -0.39 is 29.6 Å². The third-order valence-electron chi connectivity index (χ3n) is 4.26. The van der Waals surface area contributed by atoms with Gasteiger partial charge in [0, 0.05) is 10.6 Å². The van der Waals surface area contributed by atoms with Crippen LogP contribution < -0.4 is 5.32 Å². The Bertz CT molecular complexity index is 877. The fourth-order valence-corrected chi connectivity index (χ4v) is 3.08. The minimum Gasteiger partial charge on any atom is -0.480 e. The van der Waals surface area contributed by atoms with Crippen molar-refractivity contribution >= 4 is 23.7 Å². The highest BCUT2D eigenvalue weighted by Crippen LogP contribution is 2.27. The van der Waals surface area contributed by atoms with Gasteiger partial charge in [-0.05, 0) is 62.4 Å². The molecule has 1 amide bonds. The van der Waals surface area contributed by atoms with Crippen molar-refractivity contribution in [2.45, 2.75) is 45.8 Å². The molecule has 2 N–H and O–H groups in total. The molecule has 5 nitrogen and oxygen atoms in total. The van der Waals surface area contributed by atoms with E-state index in [0.717, 1.165) is 5.56 Å². The third-order valence-corrected chi connectivity index (χ3v) is 4.49. The number of benzene rings is 2. The van der Waals surface area contributed by atoms with Crippen LogP contribution in [0.1, 0.15) is 33.3 Å². The Morgan fingerprint density at radius 3 is 2.34 bits per heavy atom. The van der Waals surface area contributed by atoms with E-state index in [1.54, 1.807) is 58.0 Å². The smallest absolute Gasteiger partial charge is 0.408 e. The summed E-state index contributed by atoms with van der Waals surface area (Å²) in [5.41, 5.74) is 1.21. The highest BCUT2D eigenvalue weighted by molar-refractivity contribution is 6.30. The average Bonchev–Trinajstić information content (AvgIpc) is 2.60. The zero-order chi connectivity index (χ0) is 21.8. The molecule has 0 aromatic heterocycles. The lowest BCUT2D eigenvalue weighted by Crippen LogP contribution is -2.47. The number of alkyl carbamates (subject to hydrolysis) is 1. The third kappa shape index (κ3) is 6.75. The van der Waals surface area contributed by atoms with Gasteiger partial charge in [-0.2, -0.15) is 0 Å². The largest absolute Gasteiger partial charge is 0.480 e. The summed E-state index contributed by atoms with van der Waals surface area (Å²) in [5, 5.41) is 12.4. The van der Waals surface area contributed by atoms with Crippen LogP contribution in [0.5, 0.6) is 0 Å². The van der Waals surface area contributed by atoms with Crippen molar-refractivity contribution in [1.29, 1.82) is 0 Å². The molecule has 29 heavy (non-hydrogen) atoms. The molecule has 0 saturated heterocycles. The van der Waals surface area contributed by atoms with E-state index in [0.29, 0.717) is 22.6 Å². The Labute approximate surface area is 174 Å². The molecule has 0 aliphatic rings. The molecule has 0 aliphatic carbocycles. The van der Waals surface area contributed by atoms with E-state index in [4.69, 9.17) is 16.3 Å². The van der Waals surface area contributed by atoms with Crippen LogP contribution in [0.25, 0.3) is 11.1 Å². The first-order valence-corrected chi connectivity index (χ1v) is 9.61. The number of carboxylic acid groups (broad SMARTS) is 1. The monoisotopic (exact) mass is 421 g/mol. The molecule has 0 saturated carbocycles. The molecule has 156 valence electrons. The van der Waals surface area contributed by atoms with E-state index in [1.165, 1.54) is 12.1 Å². The topological polar surface area (TPSA) is 75.6 Å². The van der Waals surface area contributed by atoms with Crippen LogP contribution in [0.4, 0.5) is 9.18 Å². The summed E-state index contributed by atoms with van der Waals surface area (Å²) < 4.78 is 19.2. The van der Waals surface area contributed by atoms with Crippen LogP contribution >= 0.6 is 11.6 Å². The van der Waals surface area contributed by atoms with Crippen molar-refractivity contribution in [2.24, 2.45) is 5.92 Å². The van der Waals surface area contributed by atoms with Crippen LogP contribution in [0.2, 0.25) is 5.02 Å². The fraction of sp³-hybridized carbons (Fsp3) is 0.364. The predicted octanol–water partition coefficient (Wildman–Crippen LogP) is 5.30. The van der Waals surface area contributed by atoms with Crippen LogP contribution in [-0.2, 0) is 16.0 Å². The summed E-state index contributed by atoms with van der Waals surface area (Å²) in [6, 6.07) is 10.4. The Morgan fingerprint density at radius 2 is 1.79 bits per heavy atom.